The van der Waals surface area contributed by atoms with E-state index in [1.54, 1.807) is 0 Å². The molecule has 3 N–H and O–H groups in total. The van der Waals surface area contributed by atoms with Crippen molar-refractivity contribution in [1.29, 1.82) is 0 Å². The molecule has 1 rings (SSSR count). The molecule has 0 aliphatic carbocycles. The molecule has 0 unspecified atom stereocenters. The molecule has 0 atom stereocenters. The van der Waals surface area contributed by atoms with Crippen molar-refractivity contribution in [2.45, 2.75) is 0 Å². The van der Waals surface area contributed by atoms with Crippen LogP contribution in [0.4, 0.5) is 5.13 Å². The number of anilines is 1. The van der Waals surface area contributed by atoms with Gasteiger partial charge in [-0.3, -0.25) is 0 Å². The first-order chi connectivity index (χ1) is 4.20. The van der Waals surface area contributed by atoms with Crippen LogP contribution in [0.3, 0.4) is 0 Å². The van der Waals surface area contributed by atoms with Gasteiger partial charge in [0, 0.05) is 5.38 Å². The maximum Gasteiger partial charge on any atom is 0.355 e. The normalized spacial score (nSPS) is 8.40. The first-order valence-electron chi connectivity index (χ1n) is 2.14. The maximum absolute atomic E-state index is 10.1. The zero-order chi connectivity index (χ0) is 6.85. The molecule has 1 aromatic heterocycles. The predicted molar refractivity (Wildman–Crippen MR) is 40.7 cm³/mol. The summed E-state index contributed by atoms with van der Waals surface area (Å²) in [5.74, 6) is -1.04. The fourth-order valence-electron chi connectivity index (χ4n) is 0.386. The average Bonchev–Trinajstić information content (AvgIpc) is 2.14. The highest BCUT2D eigenvalue weighted by atomic mass is 35.5. The molecule has 0 saturated carbocycles. The minimum atomic E-state index is -1.04. The molecule has 1 heterocycles. The molecule has 0 bridgehead atoms. The summed E-state index contributed by atoms with van der Waals surface area (Å²) in [6.07, 6.45) is 0. The number of rotatable bonds is 1. The van der Waals surface area contributed by atoms with Crippen LogP contribution in [0.15, 0.2) is 5.38 Å². The molecule has 0 saturated heterocycles. The highest BCUT2D eigenvalue weighted by Gasteiger charge is 2.04. The molecule has 4 nitrogen and oxygen atoms in total. The fraction of sp³-hybridized carbons (Fsp3) is 0. The Labute approximate surface area is 67.1 Å². The summed E-state index contributed by atoms with van der Waals surface area (Å²) < 4.78 is 0. The molecule has 0 aliphatic heterocycles. The lowest BCUT2D eigenvalue weighted by molar-refractivity contribution is 0.0691. The molecule has 0 aliphatic rings. The van der Waals surface area contributed by atoms with Crippen LogP contribution in [-0.4, -0.2) is 16.1 Å². The highest BCUT2D eigenvalue weighted by Crippen LogP contribution is 2.09. The molecular weight excluding hydrogens is 176 g/mol. The van der Waals surface area contributed by atoms with Gasteiger partial charge in [-0.25, -0.2) is 9.78 Å². The number of aromatic carboxylic acids is 1. The summed E-state index contributed by atoms with van der Waals surface area (Å²) in [4.78, 5) is 13.6. The van der Waals surface area contributed by atoms with E-state index < -0.39 is 5.97 Å². The minimum absolute atomic E-state index is 0. The van der Waals surface area contributed by atoms with Crippen molar-refractivity contribution in [2.75, 3.05) is 5.73 Å². The Balaban J connectivity index is 0.000000810. The molecule has 0 aromatic carbocycles. The van der Waals surface area contributed by atoms with Gasteiger partial charge >= 0.3 is 5.97 Å². The molecular formula is C4H5ClN2O2S. The van der Waals surface area contributed by atoms with Crippen LogP contribution in [0.2, 0.25) is 0 Å². The molecule has 10 heavy (non-hydrogen) atoms. The summed E-state index contributed by atoms with van der Waals surface area (Å²) in [5.41, 5.74) is 5.17. The Morgan fingerprint density at radius 1 is 1.80 bits per heavy atom. The number of hydrogen-bond acceptors (Lipinski definition) is 4. The minimum Gasteiger partial charge on any atom is -0.476 e. The summed E-state index contributed by atoms with van der Waals surface area (Å²) >= 11 is 1.12. The smallest absolute Gasteiger partial charge is 0.355 e. The third kappa shape index (κ3) is 1.85. The quantitative estimate of drug-likeness (QED) is 0.672. The van der Waals surface area contributed by atoms with Gasteiger partial charge in [0.25, 0.3) is 0 Å². The van der Waals surface area contributed by atoms with Crippen molar-refractivity contribution < 1.29 is 9.90 Å². The van der Waals surface area contributed by atoms with E-state index in [0.717, 1.165) is 11.3 Å². The Hall–Kier alpha value is -0.810. The molecule has 0 fully saturated rings. The second-order valence-electron chi connectivity index (χ2n) is 1.38. The number of nitrogens with zero attached hydrogens (tertiary/aromatic N) is 1. The van der Waals surface area contributed by atoms with Crippen molar-refractivity contribution >= 4 is 34.8 Å². The summed E-state index contributed by atoms with van der Waals surface area (Å²) in [5, 5.41) is 9.97. The van der Waals surface area contributed by atoms with Crippen molar-refractivity contribution in [1.82, 2.24) is 4.98 Å². The molecule has 1 aromatic rings. The second kappa shape index (κ2) is 3.38. The van der Waals surface area contributed by atoms with Crippen molar-refractivity contribution in [3.63, 3.8) is 0 Å². The topological polar surface area (TPSA) is 76.2 Å². The second-order valence-corrected chi connectivity index (χ2v) is 2.27. The van der Waals surface area contributed by atoms with E-state index in [1.807, 2.05) is 0 Å². The van der Waals surface area contributed by atoms with E-state index in [0.29, 0.717) is 0 Å². The zero-order valence-electron chi connectivity index (χ0n) is 4.77. The van der Waals surface area contributed by atoms with Gasteiger partial charge in [-0.2, -0.15) is 0 Å². The van der Waals surface area contributed by atoms with Crippen molar-refractivity contribution in [3.05, 3.63) is 11.1 Å². The Kier molecular flexibility index (Phi) is 3.11. The van der Waals surface area contributed by atoms with Crippen LogP contribution in [0.5, 0.6) is 0 Å². The number of nitrogen functional groups attached to an aromatic ring is 1. The lowest BCUT2D eigenvalue weighted by atomic mass is 10.5. The van der Waals surface area contributed by atoms with Gasteiger partial charge in [-0.15, -0.1) is 23.7 Å². The molecule has 0 amide bonds. The SMILES string of the molecule is Cl.Nc1nc(C(=O)O)cs1. The van der Waals surface area contributed by atoms with Crippen LogP contribution in [0.25, 0.3) is 0 Å². The van der Waals surface area contributed by atoms with Crippen LogP contribution < -0.4 is 5.73 Å². The average molecular weight is 181 g/mol. The van der Waals surface area contributed by atoms with Crippen LogP contribution in [-0.2, 0) is 0 Å². The van der Waals surface area contributed by atoms with Crippen LogP contribution >= 0.6 is 23.7 Å². The third-order valence-electron chi connectivity index (χ3n) is 0.741. The number of carbonyl (C=O) groups is 1. The number of thiazole rings is 1. The standard InChI is InChI=1S/C4H4N2O2S.ClH/c5-4-6-2(1-9-4)3(7)8;/h1H,(H2,5,6)(H,7,8);1H. The predicted octanol–water partition coefficient (Wildman–Crippen LogP) is 0.845. The van der Waals surface area contributed by atoms with E-state index in [1.165, 1.54) is 5.38 Å². The van der Waals surface area contributed by atoms with Gasteiger partial charge in [0.15, 0.2) is 10.8 Å². The van der Waals surface area contributed by atoms with Crippen LogP contribution in [0, 0.1) is 0 Å². The number of hydrogen-bond donors (Lipinski definition) is 2. The van der Waals surface area contributed by atoms with Gasteiger partial charge < -0.3 is 10.8 Å². The molecule has 0 radical (unpaired) electrons. The number of carboxylic acids is 1. The third-order valence-corrected chi connectivity index (χ3v) is 1.41. The van der Waals surface area contributed by atoms with Gasteiger partial charge in [-0.1, -0.05) is 0 Å². The van der Waals surface area contributed by atoms with E-state index >= 15 is 0 Å². The van der Waals surface area contributed by atoms with Gasteiger partial charge in [0.1, 0.15) is 0 Å². The number of aromatic nitrogens is 1. The van der Waals surface area contributed by atoms with E-state index in [4.69, 9.17) is 10.8 Å². The number of carboxylic acid groups (broad SMARTS) is 1. The molecule has 56 valence electrons. The van der Waals surface area contributed by atoms with Crippen LogP contribution in [0.1, 0.15) is 10.5 Å². The highest BCUT2D eigenvalue weighted by molar-refractivity contribution is 7.13. The Morgan fingerprint density at radius 2 is 2.40 bits per heavy atom. The van der Waals surface area contributed by atoms with Gasteiger partial charge in [-0.05, 0) is 0 Å². The first kappa shape index (κ1) is 9.19. The summed E-state index contributed by atoms with van der Waals surface area (Å²) in [6, 6.07) is 0. The van der Waals surface area contributed by atoms with Crippen molar-refractivity contribution in [2.24, 2.45) is 0 Å². The van der Waals surface area contributed by atoms with E-state index in [2.05, 4.69) is 4.98 Å². The largest absolute Gasteiger partial charge is 0.476 e. The van der Waals surface area contributed by atoms with Crippen molar-refractivity contribution in [3.8, 4) is 0 Å². The van der Waals surface area contributed by atoms with E-state index in [9.17, 15) is 4.79 Å². The Morgan fingerprint density at radius 3 is 2.60 bits per heavy atom. The lowest BCUT2D eigenvalue weighted by Gasteiger charge is -1.79. The Bertz CT molecular complexity index is 237. The summed E-state index contributed by atoms with van der Waals surface area (Å²) in [6.45, 7) is 0. The summed E-state index contributed by atoms with van der Waals surface area (Å²) in [7, 11) is 0. The van der Waals surface area contributed by atoms with Gasteiger partial charge in [0.05, 0.1) is 0 Å². The number of halogens is 1. The maximum atomic E-state index is 10.1. The monoisotopic (exact) mass is 180 g/mol. The lowest BCUT2D eigenvalue weighted by Crippen LogP contribution is -1.96. The molecule has 6 heteroatoms. The molecule has 0 spiro atoms. The van der Waals surface area contributed by atoms with E-state index in [-0.39, 0.29) is 23.2 Å². The zero-order valence-corrected chi connectivity index (χ0v) is 6.41. The number of nitrogens with two attached hydrogens (primary N) is 1. The fourth-order valence-corrected chi connectivity index (χ4v) is 0.923. The first-order valence-corrected chi connectivity index (χ1v) is 3.02. The van der Waals surface area contributed by atoms with Gasteiger partial charge in [0.2, 0.25) is 0 Å².